The van der Waals surface area contributed by atoms with E-state index in [1.807, 2.05) is 0 Å². The SMILES string of the molecule is CCON1C(=O)C2=NC(C)=NC2(OCC)N(OCC)C1=O. The number of amidine groups is 1. The summed E-state index contributed by atoms with van der Waals surface area (Å²) in [4.78, 5) is 43.5. The lowest BCUT2D eigenvalue weighted by Crippen LogP contribution is -2.68. The number of urea groups is 1. The number of hydrogen-bond acceptors (Lipinski definition) is 7. The number of imide groups is 1. The summed E-state index contributed by atoms with van der Waals surface area (Å²) in [6.45, 7) is 7.25. The number of aliphatic imine (C=N–C) groups is 2. The van der Waals surface area contributed by atoms with Gasteiger partial charge in [-0.25, -0.2) is 14.8 Å². The lowest BCUT2D eigenvalue weighted by atomic mass is 10.2. The summed E-state index contributed by atoms with van der Waals surface area (Å²) in [7, 11) is 0. The summed E-state index contributed by atoms with van der Waals surface area (Å²) < 4.78 is 5.56. The second-order valence-electron chi connectivity index (χ2n) is 4.17. The van der Waals surface area contributed by atoms with E-state index in [-0.39, 0.29) is 25.5 Å². The second-order valence-corrected chi connectivity index (χ2v) is 4.17. The van der Waals surface area contributed by atoms with Crippen LogP contribution in [0.3, 0.4) is 0 Å². The molecule has 3 amide bonds. The van der Waals surface area contributed by atoms with Crippen LogP contribution in [-0.2, 0) is 19.2 Å². The predicted octanol–water partition coefficient (Wildman–Crippen LogP) is 0.717. The van der Waals surface area contributed by atoms with Crippen molar-refractivity contribution in [2.45, 2.75) is 33.5 Å². The second kappa shape index (κ2) is 5.88. The average Bonchev–Trinajstić information content (AvgIpc) is 2.78. The van der Waals surface area contributed by atoms with E-state index in [4.69, 9.17) is 14.4 Å². The van der Waals surface area contributed by atoms with Crippen LogP contribution in [-0.4, -0.2) is 59.3 Å². The van der Waals surface area contributed by atoms with Crippen molar-refractivity contribution in [3.05, 3.63) is 0 Å². The first kappa shape index (κ1) is 15.5. The first-order valence-electron chi connectivity index (χ1n) is 6.75. The van der Waals surface area contributed by atoms with Crippen LogP contribution >= 0.6 is 0 Å². The number of carbonyl (C=O) groups is 2. The van der Waals surface area contributed by atoms with Crippen molar-refractivity contribution in [2.75, 3.05) is 19.8 Å². The molecule has 9 nitrogen and oxygen atoms in total. The van der Waals surface area contributed by atoms with Crippen LogP contribution in [0.4, 0.5) is 4.79 Å². The van der Waals surface area contributed by atoms with Gasteiger partial charge in [-0.2, -0.15) is 0 Å². The minimum atomic E-state index is -1.67. The lowest BCUT2D eigenvalue weighted by molar-refractivity contribution is -0.264. The van der Waals surface area contributed by atoms with Crippen molar-refractivity contribution < 1.29 is 24.0 Å². The Balaban J connectivity index is 2.51. The fraction of sp³-hybridized carbons (Fsp3) is 0.667. The Morgan fingerprint density at radius 1 is 1.10 bits per heavy atom. The van der Waals surface area contributed by atoms with Crippen LogP contribution in [0, 0.1) is 0 Å². The first-order valence-corrected chi connectivity index (χ1v) is 6.75. The summed E-state index contributed by atoms with van der Waals surface area (Å²) in [5.41, 5.74) is -0.0525. The minimum absolute atomic E-state index is 0.0525. The smallest absolute Gasteiger partial charge is 0.330 e. The fourth-order valence-corrected chi connectivity index (χ4v) is 2.13. The maximum atomic E-state index is 12.4. The van der Waals surface area contributed by atoms with Gasteiger partial charge in [0.2, 0.25) is 0 Å². The molecule has 1 unspecified atom stereocenters. The number of carbonyl (C=O) groups excluding carboxylic acids is 2. The molecule has 0 aromatic carbocycles. The molecular weight excluding hydrogens is 280 g/mol. The van der Waals surface area contributed by atoms with E-state index in [1.54, 1.807) is 27.7 Å². The van der Waals surface area contributed by atoms with Gasteiger partial charge in [-0.1, -0.05) is 0 Å². The molecule has 116 valence electrons. The average molecular weight is 298 g/mol. The molecular formula is C12H18N4O5. The highest BCUT2D eigenvalue weighted by atomic mass is 16.8. The largest absolute Gasteiger partial charge is 0.380 e. The van der Waals surface area contributed by atoms with Gasteiger partial charge in [0.1, 0.15) is 5.84 Å². The third-order valence-electron chi connectivity index (χ3n) is 2.77. The number of hydrogen-bond donors (Lipinski definition) is 0. The van der Waals surface area contributed by atoms with Crippen molar-refractivity contribution in [3.63, 3.8) is 0 Å². The van der Waals surface area contributed by atoms with Gasteiger partial charge >= 0.3 is 17.8 Å². The molecule has 0 N–H and O–H groups in total. The highest BCUT2D eigenvalue weighted by Crippen LogP contribution is 2.33. The molecule has 0 saturated carbocycles. The van der Waals surface area contributed by atoms with Crippen molar-refractivity contribution >= 4 is 23.5 Å². The van der Waals surface area contributed by atoms with E-state index >= 15 is 0 Å². The Kier molecular flexibility index (Phi) is 4.35. The number of rotatable bonds is 6. The summed E-state index contributed by atoms with van der Waals surface area (Å²) in [5.74, 6) is -2.05. The molecule has 0 bridgehead atoms. The van der Waals surface area contributed by atoms with Gasteiger partial charge in [-0.05, 0) is 27.7 Å². The molecule has 21 heavy (non-hydrogen) atoms. The molecule has 0 spiro atoms. The van der Waals surface area contributed by atoms with E-state index in [2.05, 4.69) is 9.98 Å². The van der Waals surface area contributed by atoms with Gasteiger partial charge in [0.25, 0.3) is 0 Å². The van der Waals surface area contributed by atoms with Gasteiger partial charge < -0.3 is 4.74 Å². The van der Waals surface area contributed by atoms with Crippen molar-refractivity contribution in [2.24, 2.45) is 9.98 Å². The molecule has 1 saturated heterocycles. The van der Waals surface area contributed by atoms with E-state index < -0.39 is 17.8 Å². The zero-order chi connectivity index (χ0) is 15.6. The van der Waals surface area contributed by atoms with Crippen molar-refractivity contribution in [1.29, 1.82) is 0 Å². The van der Waals surface area contributed by atoms with Crippen molar-refractivity contribution in [1.82, 2.24) is 10.1 Å². The maximum absolute atomic E-state index is 12.4. The number of fused-ring (bicyclic) bond motifs is 1. The number of nitrogens with zero attached hydrogens (tertiary/aromatic N) is 4. The normalized spacial score (nSPS) is 25.1. The minimum Gasteiger partial charge on any atom is -0.330 e. The predicted molar refractivity (Wildman–Crippen MR) is 72.2 cm³/mol. The van der Waals surface area contributed by atoms with Crippen LogP contribution in [0.25, 0.3) is 0 Å². The van der Waals surface area contributed by atoms with Crippen LogP contribution in [0.5, 0.6) is 0 Å². The number of hydroxylamine groups is 4. The molecule has 0 aromatic rings. The fourth-order valence-electron chi connectivity index (χ4n) is 2.13. The molecule has 0 radical (unpaired) electrons. The Morgan fingerprint density at radius 3 is 2.33 bits per heavy atom. The highest BCUT2D eigenvalue weighted by Gasteiger charge is 2.60. The van der Waals surface area contributed by atoms with Gasteiger partial charge in [0.15, 0.2) is 5.71 Å². The Labute approximate surface area is 122 Å². The van der Waals surface area contributed by atoms with Crippen LogP contribution in [0.1, 0.15) is 27.7 Å². The summed E-state index contributed by atoms with van der Waals surface area (Å²) in [6.07, 6.45) is 0. The van der Waals surface area contributed by atoms with Gasteiger partial charge in [0, 0.05) is 6.61 Å². The summed E-state index contributed by atoms with van der Waals surface area (Å²) >= 11 is 0. The molecule has 1 atom stereocenters. The lowest BCUT2D eigenvalue weighted by Gasteiger charge is -2.42. The molecule has 0 aliphatic carbocycles. The Hall–Kier alpha value is -1.84. The topological polar surface area (TPSA) is 93.0 Å². The molecule has 9 heteroatoms. The first-order chi connectivity index (χ1) is 10.0. The van der Waals surface area contributed by atoms with Crippen molar-refractivity contribution in [3.8, 4) is 0 Å². The van der Waals surface area contributed by atoms with Crippen LogP contribution < -0.4 is 0 Å². The molecule has 2 aliphatic rings. The van der Waals surface area contributed by atoms with Gasteiger partial charge in [0.05, 0.1) is 13.2 Å². The number of ether oxygens (including phenoxy) is 1. The number of amides is 3. The summed E-state index contributed by atoms with van der Waals surface area (Å²) in [5, 5.41) is 1.50. The monoisotopic (exact) mass is 298 g/mol. The Bertz CT molecular complexity index is 518. The van der Waals surface area contributed by atoms with Gasteiger partial charge in [-0.15, -0.1) is 10.1 Å². The third-order valence-corrected chi connectivity index (χ3v) is 2.77. The third kappa shape index (κ3) is 2.33. The van der Waals surface area contributed by atoms with E-state index in [1.165, 1.54) is 0 Å². The molecule has 0 aromatic heterocycles. The Morgan fingerprint density at radius 2 is 1.76 bits per heavy atom. The van der Waals surface area contributed by atoms with E-state index in [0.717, 1.165) is 5.06 Å². The maximum Gasteiger partial charge on any atom is 0.380 e. The quantitative estimate of drug-likeness (QED) is 0.720. The van der Waals surface area contributed by atoms with Crippen LogP contribution in [0.2, 0.25) is 0 Å². The molecule has 2 heterocycles. The van der Waals surface area contributed by atoms with E-state index in [0.29, 0.717) is 10.9 Å². The van der Waals surface area contributed by atoms with Crippen LogP contribution in [0.15, 0.2) is 9.98 Å². The molecule has 2 aliphatic heterocycles. The standard InChI is InChI=1S/C12H18N4O5/c1-5-19-12-9(13-8(4)14-12)10(17)15(20-6-2)11(18)16(12)21-7-3/h5-7H2,1-4H3. The zero-order valence-electron chi connectivity index (χ0n) is 12.5. The summed E-state index contributed by atoms with van der Waals surface area (Å²) in [6, 6.07) is -0.797. The highest BCUT2D eigenvalue weighted by molar-refractivity contribution is 6.47. The molecule has 1 fully saturated rings. The molecule has 2 rings (SSSR count). The van der Waals surface area contributed by atoms with E-state index in [9.17, 15) is 9.59 Å². The zero-order valence-corrected chi connectivity index (χ0v) is 12.5. The van der Waals surface area contributed by atoms with Gasteiger partial charge in [-0.3, -0.25) is 14.5 Å².